The molecule has 0 bridgehead atoms. The van der Waals surface area contributed by atoms with Gasteiger partial charge in [0.15, 0.2) is 0 Å². The molecule has 0 atom stereocenters. The number of piperidine rings is 1. The molecule has 1 fully saturated rings. The lowest BCUT2D eigenvalue weighted by Gasteiger charge is -2.26. The minimum absolute atomic E-state index is 0.112. The van der Waals surface area contributed by atoms with Crippen LogP contribution in [0.1, 0.15) is 37.7 Å². The molecule has 0 aliphatic carbocycles. The van der Waals surface area contributed by atoms with Crippen LogP contribution in [0.4, 0.5) is 5.69 Å². The summed E-state index contributed by atoms with van der Waals surface area (Å²) in [5.74, 6) is 0.0744. The van der Waals surface area contributed by atoms with E-state index in [4.69, 9.17) is 4.42 Å². The van der Waals surface area contributed by atoms with Crippen LogP contribution in [0.15, 0.2) is 33.5 Å². The molecule has 3 rings (SSSR count). The van der Waals surface area contributed by atoms with E-state index in [2.05, 4.69) is 5.32 Å². The molecule has 0 unspecified atom stereocenters. The van der Waals surface area contributed by atoms with Crippen LogP contribution in [0.25, 0.3) is 11.0 Å². The minimum atomic E-state index is -0.403. The standard InChI is InChI=1S/C19H22N2O4/c1-13-11-19(24)25-16-12-14(7-8-15(13)16)20-17(22)5-4-10-21-9-3-2-6-18(21)23/h7-8,11-12H,2-6,9-10H2,1H3,(H,20,22). The molecule has 6 nitrogen and oxygen atoms in total. The number of anilines is 1. The fourth-order valence-electron chi connectivity index (χ4n) is 3.15. The molecule has 2 aromatic rings. The molecule has 0 saturated carbocycles. The third-order valence-electron chi connectivity index (χ3n) is 4.49. The van der Waals surface area contributed by atoms with Crippen LogP contribution < -0.4 is 10.9 Å². The van der Waals surface area contributed by atoms with E-state index in [-0.39, 0.29) is 11.8 Å². The van der Waals surface area contributed by atoms with Crippen LogP contribution in [-0.4, -0.2) is 29.8 Å². The number of benzene rings is 1. The Morgan fingerprint density at radius 3 is 2.88 bits per heavy atom. The maximum absolute atomic E-state index is 12.1. The van der Waals surface area contributed by atoms with E-state index >= 15 is 0 Å². The van der Waals surface area contributed by atoms with Crippen molar-refractivity contribution in [3.05, 3.63) is 40.2 Å². The average molecular weight is 342 g/mol. The number of aryl methyl sites for hydroxylation is 1. The molecule has 25 heavy (non-hydrogen) atoms. The molecule has 1 aliphatic heterocycles. The highest BCUT2D eigenvalue weighted by atomic mass is 16.4. The van der Waals surface area contributed by atoms with Gasteiger partial charge in [-0.25, -0.2) is 4.79 Å². The van der Waals surface area contributed by atoms with E-state index in [1.54, 1.807) is 12.1 Å². The van der Waals surface area contributed by atoms with E-state index in [9.17, 15) is 14.4 Å². The van der Waals surface area contributed by atoms with E-state index in [0.717, 1.165) is 30.3 Å². The number of rotatable bonds is 5. The van der Waals surface area contributed by atoms with Crippen LogP contribution in [0, 0.1) is 6.92 Å². The summed E-state index contributed by atoms with van der Waals surface area (Å²) in [6.45, 7) is 3.26. The molecule has 0 radical (unpaired) electrons. The molecular weight excluding hydrogens is 320 g/mol. The fourth-order valence-corrected chi connectivity index (χ4v) is 3.15. The van der Waals surface area contributed by atoms with Crippen molar-refractivity contribution < 1.29 is 14.0 Å². The molecule has 6 heteroatoms. The number of likely N-dealkylation sites (tertiary alicyclic amines) is 1. The Kier molecular flexibility index (Phi) is 5.16. The van der Waals surface area contributed by atoms with Gasteiger partial charge in [-0.05, 0) is 43.9 Å². The first-order valence-electron chi connectivity index (χ1n) is 8.65. The molecule has 1 aromatic heterocycles. The predicted octanol–water partition coefficient (Wildman–Crippen LogP) is 2.83. The van der Waals surface area contributed by atoms with Crippen LogP contribution in [0.5, 0.6) is 0 Å². The molecule has 0 spiro atoms. The zero-order valence-electron chi connectivity index (χ0n) is 14.3. The maximum Gasteiger partial charge on any atom is 0.336 e. The van der Waals surface area contributed by atoms with Crippen molar-refractivity contribution in [2.24, 2.45) is 0 Å². The van der Waals surface area contributed by atoms with Gasteiger partial charge in [-0.3, -0.25) is 9.59 Å². The first-order chi connectivity index (χ1) is 12.0. The van der Waals surface area contributed by atoms with E-state index < -0.39 is 5.63 Å². The van der Waals surface area contributed by atoms with Crippen LogP contribution in [0.3, 0.4) is 0 Å². The van der Waals surface area contributed by atoms with E-state index in [1.165, 1.54) is 6.07 Å². The quantitative estimate of drug-likeness (QED) is 0.848. The molecule has 132 valence electrons. The summed E-state index contributed by atoms with van der Waals surface area (Å²) in [5, 5.41) is 3.67. The summed E-state index contributed by atoms with van der Waals surface area (Å²) in [7, 11) is 0. The Bertz CT molecular complexity index is 856. The number of hydrogen-bond donors (Lipinski definition) is 1. The number of hydrogen-bond acceptors (Lipinski definition) is 4. The lowest BCUT2D eigenvalue weighted by molar-refractivity contribution is -0.133. The van der Waals surface area contributed by atoms with Gasteiger partial charge in [-0.2, -0.15) is 0 Å². The highest BCUT2D eigenvalue weighted by Crippen LogP contribution is 2.21. The highest BCUT2D eigenvalue weighted by Gasteiger charge is 2.17. The van der Waals surface area contributed by atoms with E-state index in [1.807, 2.05) is 17.9 Å². The Morgan fingerprint density at radius 2 is 2.08 bits per heavy atom. The average Bonchev–Trinajstić information content (AvgIpc) is 2.56. The molecule has 1 saturated heterocycles. The number of amides is 2. The summed E-state index contributed by atoms with van der Waals surface area (Å²) in [4.78, 5) is 37.1. The third-order valence-corrected chi connectivity index (χ3v) is 4.49. The van der Waals surface area contributed by atoms with Gasteiger partial charge >= 0.3 is 5.63 Å². The van der Waals surface area contributed by atoms with Crippen molar-refractivity contribution in [2.45, 2.75) is 39.0 Å². The first-order valence-corrected chi connectivity index (χ1v) is 8.65. The summed E-state index contributed by atoms with van der Waals surface area (Å²) >= 11 is 0. The fraction of sp³-hybridized carbons (Fsp3) is 0.421. The molecule has 2 heterocycles. The molecular formula is C19H22N2O4. The van der Waals surface area contributed by atoms with Crippen molar-refractivity contribution in [3.8, 4) is 0 Å². The number of fused-ring (bicyclic) bond motifs is 1. The Hall–Kier alpha value is -2.63. The summed E-state index contributed by atoms with van der Waals surface area (Å²) in [6, 6.07) is 6.73. The van der Waals surface area contributed by atoms with Gasteiger partial charge in [0.2, 0.25) is 11.8 Å². The van der Waals surface area contributed by atoms with Crippen molar-refractivity contribution >= 4 is 28.5 Å². The lowest BCUT2D eigenvalue weighted by Crippen LogP contribution is -2.36. The Labute approximate surface area is 145 Å². The topological polar surface area (TPSA) is 79.6 Å². The molecule has 1 N–H and O–H groups in total. The van der Waals surface area contributed by atoms with Gasteiger partial charge < -0.3 is 14.6 Å². The molecule has 1 aromatic carbocycles. The van der Waals surface area contributed by atoms with Gasteiger partial charge in [0.25, 0.3) is 0 Å². The van der Waals surface area contributed by atoms with E-state index in [0.29, 0.717) is 37.1 Å². The smallest absolute Gasteiger partial charge is 0.336 e. The monoisotopic (exact) mass is 342 g/mol. The van der Waals surface area contributed by atoms with Crippen LogP contribution in [0.2, 0.25) is 0 Å². The predicted molar refractivity (Wildman–Crippen MR) is 95.5 cm³/mol. The Balaban J connectivity index is 1.56. The summed E-state index contributed by atoms with van der Waals surface area (Å²) in [5.41, 5.74) is 1.50. The SMILES string of the molecule is Cc1cc(=O)oc2cc(NC(=O)CCCN3CCCCC3=O)ccc12. The Morgan fingerprint density at radius 1 is 1.24 bits per heavy atom. The summed E-state index contributed by atoms with van der Waals surface area (Å²) in [6.07, 6.45) is 3.61. The van der Waals surface area contributed by atoms with Gasteiger partial charge in [0.1, 0.15) is 5.58 Å². The molecule has 2 amide bonds. The minimum Gasteiger partial charge on any atom is -0.423 e. The second kappa shape index (κ2) is 7.51. The highest BCUT2D eigenvalue weighted by molar-refractivity contribution is 5.93. The van der Waals surface area contributed by atoms with Gasteiger partial charge in [0.05, 0.1) is 0 Å². The lowest BCUT2D eigenvalue weighted by atomic mass is 10.1. The number of nitrogens with one attached hydrogen (secondary N) is 1. The van der Waals surface area contributed by atoms with Crippen molar-refractivity contribution in [1.82, 2.24) is 4.90 Å². The third kappa shape index (κ3) is 4.26. The zero-order valence-corrected chi connectivity index (χ0v) is 14.3. The summed E-state index contributed by atoms with van der Waals surface area (Å²) < 4.78 is 5.19. The number of nitrogens with zero attached hydrogens (tertiary/aromatic N) is 1. The zero-order chi connectivity index (χ0) is 17.8. The van der Waals surface area contributed by atoms with Crippen molar-refractivity contribution in [1.29, 1.82) is 0 Å². The van der Waals surface area contributed by atoms with Crippen molar-refractivity contribution in [2.75, 3.05) is 18.4 Å². The normalized spacial score (nSPS) is 14.8. The van der Waals surface area contributed by atoms with Gasteiger partial charge in [-0.1, -0.05) is 0 Å². The second-order valence-electron chi connectivity index (χ2n) is 6.45. The maximum atomic E-state index is 12.1. The number of carbonyl (C=O) groups excluding carboxylic acids is 2. The van der Waals surface area contributed by atoms with Crippen LogP contribution >= 0.6 is 0 Å². The van der Waals surface area contributed by atoms with Gasteiger partial charge in [-0.15, -0.1) is 0 Å². The van der Waals surface area contributed by atoms with Crippen molar-refractivity contribution in [3.63, 3.8) is 0 Å². The largest absolute Gasteiger partial charge is 0.423 e. The second-order valence-corrected chi connectivity index (χ2v) is 6.45. The van der Waals surface area contributed by atoms with Crippen LogP contribution in [-0.2, 0) is 9.59 Å². The van der Waals surface area contributed by atoms with Gasteiger partial charge in [0, 0.05) is 49.1 Å². The first kappa shape index (κ1) is 17.2. The molecule has 1 aliphatic rings. The number of carbonyl (C=O) groups is 2.